The molecule has 4 nitrogen and oxygen atoms in total. The molecule has 0 bridgehead atoms. The van der Waals surface area contributed by atoms with E-state index >= 15 is 4.39 Å². The van der Waals surface area contributed by atoms with Crippen LogP contribution in [0.3, 0.4) is 0 Å². The van der Waals surface area contributed by atoms with Gasteiger partial charge in [0.2, 0.25) is 0 Å². The summed E-state index contributed by atoms with van der Waals surface area (Å²) in [6.45, 7) is 11.4. The van der Waals surface area contributed by atoms with E-state index in [-0.39, 0.29) is 35.3 Å². The molecule has 0 amide bonds. The zero-order chi connectivity index (χ0) is 27.9. The van der Waals surface area contributed by atoms with Crippen LogP contribution in [0.25, 0.3) is 10.8 Å². The monoisotopic (exact) mass is 552 g/mol. The number of fused-ring (bicyclic) bond motifs is 1. The molecular formula is C28H33F5N2O2Si. The number of alkyl halides is 3. The van der Waals surface area contributed by atoms with Crippen molar-refractivity contribution >= 4 is 19.1 Å². The molecule has 2 aromatic carbocycles. The molecule has 0 spiro atoms. The van der Waals surface area contributed by atoms with Crippen LogP contribution in [0.4, 0.5) is 22.0 Å². The standard InChI is InChI=1S/C28H33F5N2O2Si/c1-27(2,3)38(4,5)36-16-17-10-26(30)23(21-8-9-34-14-22(17)21)15-35-18-11-20(12-18)37-19-6-7-25(29)24(13-19)28(31,32)33/h6-10,13-14,18,20,35H,11-12,15-16H2,1-5H3/t18-,20+. The Morgan fingerprint density at radius 1 is 1.00 bits per heavy atom. The molecule has 0 radical (unpaired) electrons. The average molecular weight is 553 g/mol. The molecular weight excluding hydrogens is 519 g/mol. The zero-order valence-electron chi connectivity index (χ0n) is 22.2. The highest BCUT2D eigenvalue weighted by Crippen LogP contribution is 2.38. The van der Waals surface area contributed by atoms with Crippen LogP contribution >= 0.6 is 0 Å². The molecule has 1 fully saturated rings. The first-order chi connectivity index (χ1) is 17.7. The van der Waals surface area contributed by atoms with E-state index in [9.17, 15) is 17.6 Å². The molecule has 1 saturated carbocycles. The van der Waals surface area contributed by atoms with Crippen LogP contribution in [0.15, 0.2) is 42.7 Å². The molecule has 1 aromatic heterocycles. The van der Waals surface area contributed by atoms with E-state index in [0.717, 1.165) is 22.4 Å². The van der Waals surface area contributed by atoms with E-state index < -0.39 is 25.9 Å². The second-order valence-electron chi connectivity index (χ2n) is 11.4. The molecule has 10 heteroatoms. The first kappa shape index (κ1) is 28.4. The van der Waals surface area contributed by atoms with Gasteiger partial charge in [-0.2, -0.15) is 13.2 Å². The number of aromatic nitrogens is 1. The molecule has 38 heavy (non-hydrogen) atoms. The molecule has 0 unspecified atom stereocenters. The largest absolute Gasteiger partial charge is 0.490 e. The maximum absolute atomic E-state index is 15.3. The fourth-order valence-electron chi connectivity index (χ4n) is 4.20. The minimum absolute atomic E-state index is 0.0143. The van der Waals surface area contributed by atoms with Crippen molar-refractivity contribution in [3.05, 3.63) is 71.1 Å². The third kappa shape index (κ3) is 6.18. The Bertz CT molecular complexity index is 1300. The number of halogens is 5. The van der Waals surface area contributed by atoms with E-state index in [1.807, 2.05) is 0 Å². The minimum Gasteiger partial charge on any atom is -0.490 e. The maximum Gasteiger partial charge on any atom is 0.419 e. The highest BCUT2D eigenvalue weighted by molar-refractivity contribution is 6.74. The van der Waals surface area contributed by atoms with Crippen molar-refractivity contribution in [1.82, 2.24) is 10.3 Å². The molecule has 1 aliphatic carbocycles. The van der Waals surface area contributed by atoms with Gasteiger partial charge in [-0.1, -0.05) is 20.8 Å². The molecule has 1 aliphatic rings. The van der Waals surface area contributed by atoms with Crippen molar-refractivity contribution in [3.63, 3.8) is 0 Å². The van der Waals surface area contributed by atoms with Crippen molar-refractivity contribution in [1.29, 1.82) is 0 Å². The quantitative estimate of drug-likeness (QED) is 0.229. The summed E-state index contributed by atoms with van der Waals surface area (Å²) in [6.07, 6.45) is -0.652. The lowest BCUT2D eigenvalue weighted by atomic mass is 9.88. The smallest absolute Gasteiger partial charge is 0.419 e. The molecule has 3 aromatic rings. The summed E-state index contributed by atoms with van der Waals surface area (Å²) in [5, 5.41) is 4.96. The van der Waals surface area contributed by atoms with Gasteiger partial charge in [0.25, 0.3) is 0 Å². The Morgan fingerprint density at radius 2 is 1.71 bits per heavy atom. The first-order valence-electron chi connectivity index (χ1n) is 12.6. The van der Waals surface area contributed by atoms with Gasteiger partial charge < -0.3 is 14.5 Å². The van der Waals surface area contributed by atoms with Crippen LogP contribution in [-0.4, -0.2) is 25.4 Å². The summed E-state index contributed by atoms with van der Waals surface area (Å²) in [5.74, 6) is -1.69. The Hall–Kier alpha value is -2.56. The van der Waals surface area contributed by atoms with E-state index in [1.165, 1.54) is 12.1 Å². The fourth-order valence-corrected chi connectivity index (χ4v) is 5.15. The average Bonchev–Trinajstić information content (AvgIpc) is 2.79. The molecule has 0 saturated heterocycles. The molecule has 0 aliphatic heterocycles. The number of benzene rings is 2. The summed E-state index contributed by atoms with van der Waals surface area (Å²) in [4.78, 5) is 4.24. The van der Waals surface area contributed by atoms with Crippen molar-refractivity contribution in [2.75, 3.05) is 0 Å². The number of rotatable bonds is 8. The third-order valence-electron chi connectivity index (χ3n) is 7.68. The van der Waals surface area contributed by atoms with Crippen LogP contribution in [0.2, 0.25) is 18.1 Å². The summed E-state index contributed by atoms with van der Waals surface area (Å²) in [7, 11) is -2.03. The van der Waals surface area contributed by atoms with Gasteiger partial charge in [0, 0.05) is 35.9 Å². The van der Waals surface area contributed by atoms with E-state index in [1.54, 1.807) is 18.5 Å². The predicted octanol–water partition coefficient (Wildman–Crippen LogP) is 7.75. The van der Waals surface area contributed by atoms with Crippen molar-refractivity contribution in [3.8, 4) is 5.75 Å². The van der Waals surface area contributed by atoms with Gasteiger partial charge in [0.1, 0.15) is 23.5 Å². The van der Waals surface area contributed by atoms with Crippen molar-refractivity contribution in [2.45, 2.75) is 83.2 Å². The summed E-state index contributed by atoms with van der Waals surface area (Å²) < 4.78 is 79.6. The maximum atomic E-state index is 15.3. The highest BCUT2D eigenvalue weighted by atomic mass is 28.4. The lowest BCUT2D eigenvalue weighted by Crippen LogP contribution is -2.46. The van der Waals surface area contributed by atoms with Crippen LogP contribution in [0, 0.1) is 11.6 Å². The van der Waals surface area contributed by atoms with Gasteiger partial charge in [-0.25, -0.2) is 8.78 Å². The Kier molecular flexibility index (Phi) is 7.89. The molecule has 4 rings (SSSR count). The Labute approximate surface area is 220 Å². The number of hydrogen-bond donors (Lipinski definition) is 1. The van der Waals surface area contributed by atoms with Crippen LogP contribution in [-0.2, 0) is 23.8 Å². The van der Waals surface area contributed by atoms with Gasteiger partial charge in [-0.15, -0.1) is 0 Å². The zero-order valence-corrected chi connectivity index (χ0v) is 23.2. The summed E-state index contributed by atoms with van der Waals surface area (Å²) in [6, 6.07) is 5.97. The lowest BCUT2D eigenvalue weighted by Gasteiger charge is -2.36. The number of pyridine rings is 1. The van der Waals surface area contributed by atoms with Gasteiger partial charge in [-0.3, -0.25) is 4.98 Å². The number of hydrogen-bond acceptors (Lipinski definition) is 4. The molecule has 0 atom stereocenters. The predicted molar refractivity (Wildman–Crippen MR) is 139 cm³/mol. The molecule has 1 N–H and O–H groups in total. The van der Waals surface area contributed by atoms with Gasteiger partial charge >= 0.3 is 6.18 Å². The second kappa shape index (κ2) is 10.5. The normalized spacial score (nSPS) is 18.5. The molecule has 206 valence electrons. The van der Waals surface area contributed by atoms with Crippen LogP contribution in [0.1, 0.15) is 50.3 Å². The topological polar surface area (TPSA) is 43.4 Å². The van der Waals surface area contributed by atoms with Gasteiger partial charge in [0.15, 0.2) is 8.32 Å². The van der Waals surface area contributed by atoms with Crippen LogP contribution in [0.5, 0.6) is 5.75 Å². The second-order valence-corrected chi connectivity index (χ2v) is 16.2. The van der Waals surface area contributed by atoms with E-state index in [4.69, 9.17) is 9.16 Å². The minimum atomic E-state index is -4.79. The lowest BCUT2D eigenvalue weighted by molar-refractivity contribution is -0.140. The third-order valence-corrected chi connectivity index (χ3v) is 12.2. The number of ether oxygens (including phenoxy) is 1. The number of nitrogens with one attached hydrogen (secondary N) is 1. The SMILES string of the molecule is CC(C)(C)[Si](C)(C)OCc1cc(F)c(CN[C@H]2C[C@@H](Oc3ccc(F)c(C(F)(F)F)c3)C2)c2ccncc12. The Balaban J connectivity index is 1.39. The molecule has 1 heterocycles. The van der Waals surface area contributed by atoms with Gasteiger partial charge in [0.05, 0.1) is 12.2 Å². The van der Waals surface area contributed by atoms with Gasteiger partial charge in [-0.05, 0) is 72.3 Å². The van der Waals surface area contributed by atoms with E-state index in [2.05, 4.69) is 44.2 Å². The number of nitrogens with zero attached hydrogens (tertiary/aromatic N) is 1. The highest BCUT2D eigenvalue weighted by Gasteiger charge is 2.38. The van der Waals surface area contributed by atoms with Crippen molar-refractivity contribution in [2.24, 2.45) is 0 Å². The fraction of sp³-hybridized carbons (Fsp3) is 0.464. The Morgan fingerprint density at radius 3 is 2.37 bits per heavy atom. The first-order valence-corrected chi connectivity index (χ1v) is 15.5. The van der Waals surface area contributed by atoms with Crippen molar-refractivity contribution < 1.29 is 31.1 Å². The van der Waals surface area contributed by atoms with Crippen LogP contribution < -0.4 is 10.1 Å². The summed E-state index contributed by atoms with van der Waals surface area (Å²) in [5.41, 5.74) is -0.0657. The summed E-state index contributed by atoms with van der Waals surface area (Å²) >= 11 is 0. The van der Waals surface area contributed by atoms with E-state index in [0.29, 0.717) is 31.1 Å².